The second kappa shape index (κ2) is 7.44. The van der Waals surface area contributed by atoms with Gasteiger partial charge in [-0.25, -0.2) is 0 Å². The average Bonchev–Trinajstić information content (AvgIpc) is 2.44. The van der Waals surface area contributed by atoms with Crippen molar-refractivity contribution in [3.05, 3.63) is 64.4 Å². The van der Waals surface area contributed by atoms with Crippen molar-refractivity contribution in [1.82, 2.24) is 4.98 Å². The molecule has 1 nitrogen and oxygen atoms in total. The fourth-order valence-corrected chi connectivity index (χ4v) is 2.73. The van der Waals surface area contributed by atoms with Gasteiger partial charge in [0.1, 0.15) is 0 Å². The Morgan fingerprint density at radius 2 is 2.00 bits per heavy atom. The van der Waals surface area contributed by atoms with E-state index in [9.17, 15) is 0 Å². The highest BCUT2D eigenvalue weighted by Gasteiger charge is 2.05. The molecule has 0 radical (unpaired) electrons. The third kappa shape index (κ3) is 4.79. The van der Waals surface area contributed by atoms with Crippen molar-refractivity contribution in [3.8, 4) is 0 Å². The Kier molecular flexibility index (Phi) is 5.59. The van der Waals surface area contributed by atoms with Crippen LogP contribution in [0.5, 0.6) is 0 Å². The summed E-state index contributed by atoms with van der Waals surface area (Å²) in [6.45, 7) is 2.27. The average molecular weight is 318 g/mol. The van der Waals surface area contributed by atoms with Gasteiger partial charge in [0.15, 0.2) is 0 Å². The van der Waals surface area contributed by atoms with Gasteiger partial charge in [0, 0.05) is 16.4 Å². The van der Waals surface area contributed by atoms with Crippen molar-refractivity contribution in [3.63, 3.8) is 0 Å². The lowest BCUT2D eigenvalue weighted by Crippen LogP contribution is -1.97. The first-order valence-corrected chi connectivity index (χ1v) is 7.70. The first-order valence-electron chi connectivity index (χ1n) is 6.91. The van der Waals surface area contributed by atoms with Gasteiger partial charge < -0.3 is 0 Å². The number of unbranched alkanes of at least 4 members (excludes halogenated alkanes) is 1. The molecule has 0 spiro atoms. The fourth-order valence-electron chi connectivity index (χ4n) is 2.29. The minimum atomic E-state index is 0.559. The highest BCUT2D eigenvalue weighted by Crippen LogP contribution is 2.20. The van der Waals surface area contributed by atoms with Crippen LogP contribution >= 0.6 is 15.9 Å². The third-order valence-corrected chi connectivity index (χ3v) is 3.93. The van der Waals surface area contributed by atoms with Crippen molar-refractivity contribution in [2.45, 2.75) is 38.5 Å². The van der Waals surface area contributed by atoms with Crippen LogP contribution < -0.4 is 0 Å². The zero-order valence-corrected chi connectivity index (χ0v) is 12.9. The number of rotatable bonds is 6. The summed E-state index contributed by atoms with van der Waals surface area (Å²) < 4.78 is 1.17. The molecule has 2 aromatic rings. The van der Waals surface area contributed by atoms with Gasteiger partial charge in [-0.15, -0.1) is 0 Å². The topological polar surface area (TPSA) is 12.9 Å². The SMILES string of the molecule is CC(CCCCc1cccc(Br)c1)c1ccccn1. The lowest BCUT2D eigenvalue weighted by molar-refractivity contribution is 0.593. The number of hydrogen-bond donors (Lipinski definition) is 0. The van der Waals surface area contributed by atoms with Crippen molar-refractivity contribution in [1.29, 1.82) is 0 Å². The first-order chi connectivity index (χ1) is 9.25. The molecule has 100 valence electrons. The molecule has 1 unspecified atom stereocenters. The molecule has 0 amide bonds. The molecule has 2 heteroatoms. The lowest BCUT2D eigenvalue weighted by atomic mass is 9.98. The summed E-state index contributed by atoms with van der Waals surface area (Å²) in [4.78, 5) is 4.42. The van der Waals surface area contributed by atoms with Crippen molar-refractivity contribution >= 4 is 15.9 Å². The predicted molar refractivity (Wildman–Crippen MR) is 84.3 cm³/mol. The maximum absolute atomic E-state index is 4.42. The van der Waals surface area contributed by atoms with Gasteiger partial charge >= 0.3 is 0 Å². The van der Waals surface area contributed by atoms with Crippen LogP contribution in [0.1, 0.15) is 43.4 Å². The molecular weight excluding hydrogens is 298 g/mol. The van der Waals surface area contributed by atoms with E-state index in [0.29, 0.717) is 5.92 Å². The first kappa shape index (κ1) is 14.3. The number of nitrogens with zero attached hydrogens (tertiary/aromatic N) is 1. The summed E-state index contributed by atoms with van der Waals surface area (Å²) in [5, 5.41) is 0. The highest BCUT2D eigenvalue weighted by atomic mass is 79.9. The molecule has 0 aliphatic carbocycles. The Morgan fingerprint density at radius 1 is 1.11 bits per heavy atom. The molecule has 2 rings (SSSR count). The summed E-state index contributed by atoms with van der Waals surface area (Å²) in [6.07, 6.45) is 6.75. The van der Waals surface area contributed by atoms with Crippen molar-refractivity contribution < 1.29 is 0 Å². The van der Waals surface area contributed by atoms with Gasteiger partial charge in [0.05, 0.1) is 0 Å². The monoisotopic (exact) mass is 317 g/mol. The van der Waals surface area contributed by atoms with Crippen LogP contribution in [0.3, 0.4) is 0 Å². The van der Waals surface area contributed by atoms with Gasteiger partial charge in [-0.1, -0.05) is 47.5 Å². The highest BCUT2D eigenvalue weighted by molar-refractivity contribution is 9.10. The predicted octanol–water partition coefficient (Wildman–Crippen LogP) is 5.36. The fraction of sp³-hybridized carbons (Fsp3) is 0.353. The van der Waals surface area contributed by atoms with Crippen molar-refractivity contribution in [2.75, 3.05) is 0 Å². The number of aromatic nitrogens is 1. The van der Waals surface area contributed by atoms with Crippen LogP contribution in [0.4, 0.5) is 0 Å². The number of aryl methyl sites for hydroxylation is 1. The Morgan fingerprint density at radius 3 is 2.74 bits per heavy atom. The second-order valence-corrected chi connectivity index (χ2v) is 5.95. The molecule has 19 heavy (non-hydrogen) atoms. The summed E-state index contributed by atoms with van der Waals surface area (Å²) in [7, 11) is 0. The molecule has 0 saturated heterocycles. The molecular formula is C17H20BrN. The van der Waals surface area contributed by atoms with Gasteiger partial charge in [-0.2, -0.15) is 0 Å². The van der Waals surface area contributed by atoms with Gasteiger partial charge in [-0.05, 0) is 55.0 Å². The maximum Gasteiger partial charge on any atom is 0.0431 e. The normalized spacial score (nSPS) is 12.3. The molecule has 0 aliphatic heterocycles. The van der Waals surface area contributed by atoms with Crippen LogP contribution in [-0.4, -0.2) is 4.98 Å². The molecule has 0 aliphatic rings. The third-order valence-electron chi connectivity index (χ3n) is 3.43. The number of benzene rings is 1. The van der Waals surface area contributed by atoms with E-state index in [0.717, 1.165) is 6.42 Å². The summed E-state index contributed by atoms with van der Waals surface area (Å²) in [5.74, 6) is 0.559. The van der Waals surface area contributed by atoms with E-state index < -0.39 is 0 Å². The Bertz CT molecular complexity index is 496. The molecule has 0 fully saturated rings. The maximum atomic E-state index is 4.42. The summed E-state index contributed by atoms with van der Waals surface area (Å²) in [6, 6.07) is 14.8. The Hall–Kier alpha value is -1.15. The van der Waals surface area contributed by atoms with Gasteiger partial charge in [-0.3, -0.25) is 4.98 Å². The zero-order chi connectivity index (χ0) is 13.5. The van der Waals surface area contributed by atoms with Crippen LogP contribution in [0.25, 0.3) is 0 Å². The zero-order valence-electron chi connectivity index (χ0n) is 11.3. The quantitative estimate of drug-likeness (QED) is 0.653. The molecule has 1 atom stereocenters. The van der Waals surface area contributed by atoms with E-state index in [-0.39, 0.29) is 0 Å². The minimum absolute atomic E-state index is 0.559. The van der Waals surface area contributed by atoms with Crippen LogP contribution in [0.15, 0.2) is 53.1 Å². The molecule has 0 saturated carbocycles. The Balaban J connectivity index is 1.72. The Labute approximate surface area is 124 Å². The van der Waals surface area contributed by atoms with Gasteiger partial charge in [0.2, 0.25) is 0 Å². The lowest BCUT2D eigenvalue weighted by Gasteiger charge is -2.10. The summed E-state index contributed by atoms with van der Waals surface area (Å²) in [5.41, 5.74) is 2.63. The van der Waals surface area contributed by atoms with E-state index >= 15 is 0 Å². The van der Waals surface area contributed by atoms with E-state index in [4.69, 9.17) is 0 Å². The summed E-state index contributed by atoms with van der Waals surface area (Å²) >= 11 is 3.52. The minimum Gasteiger partial charge on any atom is -0.261 e. The standard InChI is InChI=1S/C17H20BrN/c1-14(17-11-4-5-12-19-17)7-2-3-8-15-9-6-10-16(18)13-15/h4-6,9-14H,2-3,7-8H2,1H3. The van der Waals surface area contributed by atoms with Gasteiger partial charge in [0.25, 0.3) is 0 Å². The van der Waals surface area contributed by atoms with E-state index in [1.807, 2.05) is 12.3 Å². The molecule has 0 N–H and O–H groups in total. The number of hydrogen-bond acceptors (Lipinski definition) is 1. The second-order valence-electron chi connectivity index (χ2n) is 5.03. The van der Waals surface area contributed by atoms with Crippen molar-refractivity contribution in [2.24, 2.45) is 0 Å². The molecule has 1 heterocycles. The molecule has 1 aromatic carbocycles. The molecule has 0 bridgehead atoms. The van der Waals surface area contributed by atoms with E-state index in [1.54, 1.807) is 0 Å². The number of pyridine rings is 1. The smallest absolute Gasteiger partial charge is 0.0431 e. The van der Waals surface area contributed by atoms with Crippen LogP contribution in [0.2, 0.25) is 0 Å². The van der Waals surface area contributed by atoms with Crippen LogP contribution in [-0.2, 0) is 6.42 Å². The van der Waals surface area contributed by atoms with Crippen LogP contribution in [0, 0.1) is 0 Å². The molecule has 1 aromatic heterocycles. The largest absolute Gasteiger partial charge is 0.261 e. The van der Waals surface area contributed by atoms with E-state index in [2.05, 4.69) is 64.2 Å². The number of halogens is 1. The van der Waals surface area contributed by atoms with E-state index in [1.165, 1.54) is 35.0 Å².